The molecule has 276 valence electrons. The van der Waals surface area contributed by atoms with Gasteiger partial charge in [-0.3, -0.25) is 24.0 Å². The molecule has 9 unspecified atom stereocenters. The van der Waals surface area contributed by atoms with Crippen molar-refractivity contribution < 1.29 is 63.3 Å². The number of phenolic OH excluding ortho intramolecular Hbond substituents is 1. The van der Waals surface area contributed by atoms with E-state index in [1.54, 1.807) is 13.8 Å². The molecule has 0 spiro atoms. The van der Waals surface area contributed by atoms with Gasteiger partial charge in [0.2, 0.25) is 5.78 Å². The van der Waals surface area contributed by atoms with Crippen LogP contribution in [0.4, 0.5) is 0 Å². The topological polar surface area (TPSA) is 215 Å². The van der Waals surface area contributed by atoms with E-state index >= 15 is 0 Å². The minimum absolute atomic E-state index is 0.0162. The third-order valence-corrected chi connectivity index (χ3v) is 9.84. The largest absolute Gasteiger partial charge is 0.507 e. The number of fused-ring (bicyclic) bond motifs is 14. The van der Waals surface area contributed by atoms with Crippen LogP contribution in [0.15, 0.2) is 47.9 Å². The summed E-state index contributed by atoms with van der Waals surface area (Å²) in [6.07, 6.45) is 2.56. The van der Waals surface area contributed by atoms with Crippen molar-refractivity contribution in [3.63, 3.8) is 0 Å². The predicted molar refractivity (Wildman–Crippen MR) is 181 cm³/mol. The first kappa shape index (κ1) is 39.2. The molecular formula is C37H45NO13. The lowest BCUT2D eigenvalue weighted by atomic mass is 9.77. The standard InChI is InChI=1S/C37H45NO13/c1-16-11-10-13-36(7,47)33(44)20(5)28(41)18(3)31(50-21(6)39)17(2)24(48-9)12-14-49-37(8)34(45)27-25-23(40)15-22(38-35(16)46)30(43)26(25)29(42)19(4)32(27)51-37/h10-15,17-18,20,24,28,31,33,41-42,44,47H,1-9H3,(H,38,46). The summed E-state index contributed by atoms with van der Waals surface area (Å²) in [5.74, 6) is -9.29. The van der Waals surface area contributed by atoms with Crippen molar-refractivity contribution in [1.29, 1.82) is 0 Å². The number of hydrogen-bond acceptors (Lipinski definition) is 13. The molecule has 0 saturated carbocycles. The molecular weight excluding hydrogens is 666 g/mol. The number of ketones is 3. The number of methoxy groups -OCH3 is 1. The highest BCUT2D eigenvalue weighted by Crippen LogP contribution is 2.48. The summed E-state index contributed by atoms with van der Waals surface area (Å²) >= 11 is 0. The number of rotatable bonds is 2. The van der Waals surface area contributed by atoms with E-state index in [9.17, 15) is 44.4 Å². The third-order valence-electron chi connectivity index (χ3n) is 9.84. The minimum Gasteiger partial charge on any atom is -0.507 e. The van der Waals surface area contributed by atoms with Crippen molar-refractivity contribution in [2.45, 2.75) is 91.2 Å². The Hall–Kier alpha value is -4.63. The maximum atomic E-state index is 13.9. The summed E-state index contributed by atoms with van der Waals surface area (Å²) in [5, 5.41) is 47.2. The Bertz CT molecular complexity index is 1770. The summed E-state index contributed by atoms with van der Waals surface area (Å²) in [6.45, 7) is 11.4. The quantitative estimate of drug-likeness (QED) is 0.280. The van der Waals surface area contributed by atoms with Crippen LogP contribution in [-0.4, -0.2) is 92.6 Å². The molecule has 14 nitrogen and oxygen atoms in total. The van der Waals surface area contributed by atoms with Crippen molar-refractivity contribution in [2.75, 3.05) is 7.11 Å². The van der Waals surface area contributed by atoms with Crippen molar-refractivity contribution in [3.05, 3.63) is 70.2 Å². The number of Topliss-reactive ketones (excluding diaryl/α,β-unsaturated/α-hetero) is 2. The van der Waals surface area contributed by atoms with E-state index in [-0.39, 0.29) is 22.4 Å². The van der Waals surface area contributed by atoms with E-state index in [1.807, 2.05) is 0 Å². The summed E-state index contributed by atoms with van der Waals surface area (Å²) in [5.41, 5.74) is -3.51. The number of esters is 1. The number of aliphatic hydroxyl groups is 3. The molecule has 0 fully saturated rings. The average molecular weight is 712 g/mol. The van der Waals surface area contributed by atoms with Crippen molar-refractivity contribution in [1.82, 2.24) is 5.32 Å². The van der Waals surface area contributed by atoms with E-state index in [1.165, 1.54) is 73.0 Å². The highest BCUT2D eigenvalue weighted by Gasteiger charge is 2.52. The molecule has 1 amide bonds. The van der Waals surface area contributed by atoms with E-state index in [4.69, 9.17) is 18.9 Å². The van der Waals surface area contributed by atoms with Gasteiger partial charge in [-0.05, 0) is 26.8 Å². The zero-order valence-corrected chi connectivity index (χ0v) is 30.0. The van der Waals surface area contributed by atoms with Gasteiger partial charge in [-0.25, -0.2) is 0 Å². The fourth-order valence-corrected chi connectivity index (χ4v) is 6.65. The zero-order chi connectivity index (χ0) is 38.3. The molecule has 0 aromatic heterocycles. The maximum absolute atomic E-state index is 13.9. The van der Waals surface area contributed by atoms with Gasteiger partial charge in [0.15, 0.2) is 5.78 Å². The molecule has 5 bridgehead atoms. The Morgan fingerprint density at radius 3 is 2.24 bits per heavy atom. The highest BCUT2D eigenvalue weighted by atomic mass is 16.7. The van der Waals surface area contributed by atoms with Gasteiger partial charge >= 0.3 is 11.8 Å². The number of carbonyl (C=O) groups excluding carboxylic acids is 5. The number of carbonyl (C=O) groups is 5. The van der Waals surface area contributed by atoms with Gasteiger partial charge in [0.1, 0.15) is 23.2 Å². The Morgan fingerprint density at radius 2 is 1.63 bits per heavy atom. The molecule has 0 radical (unpaired) electrons. The van der Waals surface area contributed by atoms with Gasteiger partial charge in [-0.15, -0.1) is 0 Å². The number of hydrogen-bond donors (Lipinski definition) is 5. The maximum Gasteiger partial charge on any atom is 0.312 e. The van der Waals surface area contributed by atoms with Gasteiger partial charge in [0.05, 0.1) is 47.0 Å². The van der Waals surface area contributed by atoms with Crippen molar-refractivity contribution in [2.24, 2.45) is 17.8 Å². The van der Waals surface area contributed by atoms with E-state index in [2.05, 4.69) is 5.32 Å². The Morgan fingerprint density at radius 1 is 0.980 bits per heavy atom. The second-order valence-electron chi connectivity index (χ2n) is 13.7. The van der Waals surface area contributed by atoms with Crippen LogP contribution in [-0.2, 0) is 23.8 Å². The lowest BCUT2D eigenvalue weighted by Gasteiger charge is -2.39. The second-order valence-corrected chi connectivity index (χ2v) is 13.7. The first-order chi connectivity index (χ1) is 23.7. The molecule has 1 aromatic rings. The Labute approximate surface area is 295 Å². The highest BCUT2D eigenvalue weighted by molar-refractivity contribution is 6.30. The monoisotopic (exact) mass is 711 g/mol. The van der Waals surface area contributed by atoms with Crippen LogP contribution >= 0.6 is 0 Å². The molecule has 1 aromatic carbocycles. The number of phenols is 1. The number of aromatic hydroxyl groups is 1. The van der Waals surface area contributed by atoms with Gasteiger partial charge in [0, 0.05) is 55.9 Å². The normalized spacial score (nSPS) is 33.2. The van der Waals surface area contributed by atoms with Gasteiger partial charge in [0.25, 0.3) is 11.7 Å². The third kappa shape index (κ3) is 7.27. The van der Waals surface area contributed by atoms with E-state index in [0.717, 1.165) is 12.3 Å². The molecule has 3 heterocycles. The van der Waals surface area contributed by atoms with Crippen LogP contribution in [0.2, 0.25) is 0 Å². The molecule has 14 heteroatoms. The average Bonchev–Trinajstić information content (AvgIpc) is 3.33. The predicted octanol–water partition coefficient (Wildman–Crippen LogP) is 2.75. The number of aliphatic hydroxyl groups excluding tert-OH is 2. The summed E-state index contributed by atoms with van der Waals surface area (Å²) in [6, 6.07) is 0. The number of ether oxygens (including phenoxy) is 4. The van der Waals surface area contributed by atoms with Gasteiger partial charge in [-0.1, -0.05) is 39.0 Å². The number of amides is 1. The summed E-state index contributed by atoms with van der Waals surface area (Å²) in [7, 11) is 1.39. The summed E-state index contributed by atoms with van der Waals surface area (Å²) in [4.78, 5) is 66.3. The summed E-state index contributed by atoms with van der Waals surface area (Å²) < 4.78 is 23.0. The molecule has 9 atom stereocenters. The fourth-order valence-electron chi connectivity index (χ4n) is 6.65. The molecule has 0 saturated heterocycles. The molecule has 4 aliphatic rings. The molecule has 1 aliphatic carbocycles. The lowest BCUT2D eigenvalue weighted by molar-refractivity contribution is -0.162. The Kier molecular flexibility index (Phi) is 11.2. The smallest absolute Gasteiger partial charge is 0.312 e. The fraction of sp³-hybridized carbons (Fsp3) is 0.486. The van der Waals surface area contributed by atoms with Crippen LogP contribution in [0.1, 0.15) is 85.1 Å². The SMILES string of the molecule is COC1C=COC2(C)Oc3c(C)c(O)c4c(c3C2=O)C(=O)C=C(NC(=O)C(C)=CC=CC(C)(O)C(O)C(C)C(O)C(C)C(OC(C)=O)C1C)C4=O. The van der Waals surface area contributed by atoms with Gasteiger partial charge < -0.3 is 44.7 Å². The van der Waals surface area contributed by atoms with Crippen LogP contribution in [0.5, 0.6) is 11.5 Å². The first-order valence-electron chi connectivity index (χ1n) is 16.4. The second kappa shape index (κ2) is 14.5. The number of nitrogens with one attached hydrogen (secondary N) is 1. The van der Waals surface area contributed by atoms with Crippen LogP contribution < -0.4 is 10.1 Å². The minimum atomic E-state index is -2.06. The number of allylic oxidation sites excluding steroid dienone is 4. The van der Waals surface area contributed by atoms with E-state index in [0.29, 0.717) is 0 Å². The van der Waals surface area contributed by atoms with Crippen LogP contribution in [0.3, 0.4) is 0 Å². The lowest BCUT2D eigenvalue weighted by Crippen LogP contribution is -2.50. The van der Waals surface area contributed by atoms with Crippen LogP contribution in [0, 0.1) is 24.7 Å². The Balaban J connectivity index is 1.85. The van der Waals surface area contributed by atoms with Gasteiger partial charge in [-0.2, -0.15) is 0 Å². The van der Waals surface area contributed by atoms with Crippen LogP contribution in [0.25, 0.3) is 0 Å². The first-order valence-corrected chi connectivity index (χ1v) is 16.4. The van der Waals surface area contributed by atoms with E-state index < -0.39 is 105 Å². The zero-order valence-electron chi connectivity index (χ0n) is 30.0. The molecule has 51 heavy (non-hydrogen) atoms. The van der Waals surface area contributed by atoms with Crippen molar-refractivity contribution >= 4 is 29.2 Å². The molecule has 5 N–H and O–H groups in total. The number of benzene rings is 1. The molecule has 3 aliphatic heterocycles. The van der Waals surface area contributed by atoms with Crippen molar-refractivity contribution in [3.8, 4) is 11.5 Å². The molecule has 5 rings (SSSR count).